The van der Waals surface area contributed by atoms with Crippen molar-refractivity contribution < 1.29 is 13.2 Å². The van der Waals surface area contributed by atoms with E-state index in [9.17, 15) is 13.2 Å². The number of sulfonamides is 1. The Kier molecular flexibility index (Phi) is 8.82. The summed E-state index contributed by atoms with van der Waals surface area (Å²) in [6.45, 7) is 4.87. The van der Waals surface area contributed by atoms with Crippen molar-refractivity contribution in [2.75, 3.05) is 18.8 Å². The van der Waals surface area contributed by atoms with Gasteiger partial charge in [0.05, 0.1) is 10.6 Å². The van der Waals surface area contributed by atoms with Gasteiger partial charge in [0.2, 0.25) is 15.9 Å². The van der Waals surface area contributed by atoms with Gasteiger partial charge in [0, 0.05) is 30.4 Å². The van der Waals surface area contributed by atoms with E-state index in [1.165, 1.54) is 16.1 Å². The molecule has 8 heteroatoms. The molecule has 0 aliphatic carbocycles. The van der Waals surface area contributed by atoms with Gasteiger partial charge in [-0.15, -0.1) is 11.8 Å². The number of nitrogens with zero attached hydrogens (tertiary/aromatic N) is 1. The Bertz CT molecular complexity index is 865. The van der Waals surface area contributed by atoms with Crippen molar-refractivity contribution in [3.05, 3.63) is 64.7 Å². The number of thioether (sulfide) groups is 1. The minimum Gasteiger partial charge on any atom is -0.351 e. The molecular formula is C20H25ClN2O3S2. The van der Waals surface area contributed by atoms with Crippen LogP contribution in [-0.2, 0) is 27.1 Å². The Labute approximate surface area is 176 Å². The number of hydrogen-bond acceptors (Lipinski definition) is 4. The first-order valence-electron chi connectivity index (χ1n) is 9.04. The van der Waals surface area contributed by atoms with E-state index in [0.29, 0.717) is 30.4 Å². The SMILES string of the molecule is CCN(CC)S(=O)(=O)c1ccc(CNC(=O)CSCc2ccc(Cl)cc2)cc1. The lowest BCUT2D eigenvalue weighted by atomic mass is 10.2. The molecule has 0 aliphatic rings. The van der Waals surface area contributed by atoms with Crippen molar-refractivity contribution in [2.24, 2.45) is 0 Å². The Morgan fingerprint density at radius 3 is 2.14 bits per heavy atom. The first kappa shape index (κ1) is 22.7. The summed E-state index contributed by atoms with van der Waals surface area (Å²) in [4.78, 5) is 12.3. The highest BCUT2D eigenvalue weighted by Crippen LogP contribution is 2.17. The lowest BCUT2D eigenvalue weighted by molar-refractivity contribution is -0.118. The summed E-state index contributed by atoms with van der Waals surface area (Å²) >= 11 is 7.38. The molecule has 1 N–H and O–H groups in total. The molecule has 0 aliphatic heterocycles. The average molecular weight is 441 g/mol. The van der Waals surface area contributed by atoms with Crippen molar-refractivity contribution in [2.45, 2.75) is 31.0 Å². The molecule has 0 aromatic heterocycles. The molecular weight excluding hydrogens is 416 g/mol. The van der Waals surface area contributed by atoms with Crippen molar-refractivity contribution in [3.8, 4) is 0 Å². The number of rotatable bonds is 10. The van der Waals surface area contributed by atoms with Gasteiger partial charge in [0.15, 0.2) is 0 Å². The number of benzene rings is 2. The Hall–Kier alpha value is -1.54. The van der Waals surface area contributed by atoms with Gasteiger partial charge in [-0.05, 0) is 35.4 Å². The molecule has 0 saturated heterocycles. The van der Waals surface area contributed by atoms with Crippen molar-refractivity contribution in [1.82, 2.24) is 9.62 Å². The van der Waals surface area contributed by atoms with Gasteiger partial charge in [-0.3, -0.25) is 4.79 Å². The summed E-state index contributed by atoms with van der Waals surface area (Å²) < 4.78 is 26.4. The van der Waals surface area contributed by atoms with Crippen LogP contribution in [0.2, 0.25) is 5.02 Å². The van der Waals surface area contributed by atoms with Crippen LogP contribution in [0.5, 0.6) is 0 Å². The number of carbonyl (C=O) groups is 1. The summed E-state index contributed by atoms with van der Waals surface area (Å²) in [5.74, 6) is 1.04. The van der Waals surface area contributed by atoms with E-state index >= 15 is 0 Å². The molecule has 0 fully saturated rings. The number of hydrogen-bond donors (Lipinski definition) is 1. The quantitative estimate of drug-likeness (QED) is 0.608. The summed E-state index contributed by atoms with van der Waals surface area (Å²) in [5, 5.41) is 3.55. The molecule has 0 spiro atoms. The first-order valence-corrected chi connectivity index (χ1v) is 12.0. The molecule has 0 bridgehead atoms. The third-order valence-corrected chi connectivity index (χ3v) is 7.49. The zero-order valence-corrected chi connectivity index (χ0v) is 18.4. The van der Waals surface area contributed by atoms with E-state index in [-0.39, 0.29) is 10.8 Å². The molecule has 0 radical (unpaired) electrons. The average Bonchev–Trinajstić information content (AvgIpc) is 2.69. The molecule has 0 atom stereocenters. The summed E-state index contributed by atoms with van der Waals surface area (Å²) in [6.07, 6.45) is 0. The van der Waals surface area contributed by atoms with Crippen LogP contribution in [0.25, 0.3) is 0 Å². The van der Waals surface area contributed by atoms with E-state index in [1.54, 1.807) is 24.3 Å². The second-order valence-corrected chi connectivity index (χ2v) is 9.49. The number of halogens is 1. The van der Waals surface area contributed by atoms with Crippen molar-refractivity contribution in [3.63, 3.8) is 0 Å². The molecule has 2 aromatic carbocycles. The molecule has 2 rings (SSSR count). The Balaban J connectivity index is 1.80. The summed E-state index contributed by atoms with van der Waals surface area (Å²) in [5.41, 5.74) is 1.97. The highest BCUT2D eigenvalue weighted by Gasteiger charge is 2.21. The molecule has 1 amide bonds. The largest absolute Gasteiger partial charge is 0.351 e. The lowest BCUT2D eigenvalue weighted by Gasteiger charge is -2.18. The zero-order valence-electron chi connectivity index (χ0n) is 16.0. The fourth-order valence-corrected chi connectivity index (χ4v) is 4.99. The highest BCUT2D eigenvalue weighted by atomic mass is 35.5. The van der Waals surface area contributed by atoms with E-state index in [1.807, 2.05) is 38.1 Å². The fourth-order valence-electron chi connectivity index (χ4n) is 2.59. The normalized spacial score (nSPS) is 11.6. The van der Waals surface area contributed by atoms with Gasteiger partial charge >= 0.3 is 0 Å². The van der Waals surface area contributed by atoms with E-state index in [2.05, 4.69) is 5.32 Å². The van der Waals surface area contributed by atoms with Crippen molar-refractivity contribution >= 4 is 39.3 Å². The van der Waals surface area contributed by atoms with Crippen molar-refractivity contribution in [1.29, 1.82) is 0 Å². The fraction of sp³-hybridized carbons (Fsp3) is 0.350. The van der Waals surface area contributed by atoms with Crippen LogP contribution in [0.3, 0.4) is 0 Å². The molecule has 28 heavy (non-hydrogen) atoms. The minimum absolute atomic E-state index is 0.0567. The molecule has 152 valence electrons. The van der Waals surface area contributed by atoms with E-state index < -0.39 is 10.0 Å². The van der Waals surface area contributed by atoms with Crippen LogP contribution >= 0.6 is 23.4 Å². The number of amides is 1. The second kappa shape index (κ2) is 10.9. The number of carbonyl (C=O) groups excluding carboxylic acids is 1. The topological polar surface area (TPSA) is 66.5 Å². The molecule has 0 unspecified atom stereocenters. The van der Waals surface area contributed by atoms with Gasteiger partial charge in [-0.25, -0.2) is 8.42 Å². The maximum Gasteiger partial charge on any atom is 0.243 e. The van der Waals surface area contributed by atoms with Crippen LogP contribution in [0, 0.1) is 0 Å². The molecule has 0 heterocycles. The van der Waals surface area contributed by atoms with E-state index in [4.69, 9.17) is 11.6 Å². The van der Waals surface area contributed by atoms with Crippen LogP contribution in [0.15, 0.2) is 53.4 Å². The van der Waals surface area contributed by atoms with Gasteiger partial charge < -0.3 is 5.32 Å². The predicted molar refractivity (Wildman–Crippen MR) is 116 cm³/mol. The monoisotopic (exact) mass is 440 g/mol. The predicted octanol–water partition coefficient (Wildman–Crippen LogP) is 3.92. The van der Waals surface area contributed by atoms with Gasteiger partial charge in [-0.1, -0.05) is 49.7 Å². The Morgan fingerprint density at radius 1 is 1.00 bits per heavy atom. The van der Waals surface area contributed by atoms with Crippen LogP contribution in [0.4, 0.5) is 0 Å². The summed E-state index contributed by atoms with van der Waals surface area (Å²) in [7, 11) is -3.46. The lowest BCUT2D eigenvalue weighted by Crippen LogP contribution is -2.30. The molecule has 0 saturated carbocycles. The first-order chi connectivity index (χ1) is 13.4. The molecule has 5 nitrogen and oxygen atoms in total. The van der Waals surface area contributed by atoms with Crippen LogP contribution < -0.4 is 5.32 Å². The third-order valence-electron chi connectivity index (χ3n) is 4.17. The van der Waals surface area contributed by atoms with Gasteiger partial charge in [0.25, 0.3) is 0 Å². The zero-order chi connectivity index (χ0) is 20.6. The van der Waals surface area contributed by atoms with Crippen LogP contribution in [-0.4, -0.2) is 37.5 Å². The minimum atomic E-state index is -3.46. The van der Waals surface area contributed by atoms with Gasteiger partial charge in [0.1, 0.15) is 0 Å². The standard InChI is InChI=1S/C20H25ClN2O3S2/c1-3-23(4-2)28(25,26)19-11-7-16(8-12-19)13-22-20(24)15-27-14-17-5-9-18(21)10-6-17/h5-12H,3-4,13-15H2,1-2H3,(H,22,24). The Morgan fingerprint density at radius 2 is 1.57 bits per heavy atom. The number of nitrogens with one attached hydrogen (secondary N) is 1. The summed E-state index contributed by atoms with van der Waals surface area (Å²) in [6, 6.07) is 14.2. The maximum absolute atomic E-state index is 12.5. The second-order valence-electron chi connectivity index (χ2n) is 6.13. The van der Waals surface area contributed by atoms with Gasteiger partial charge in [-0.2, -0.15) is 4.31 Å². The van der Waals surface area contributed by atoms with Crippen LogP contribution in [0.1, 0.15) is 25.0 Å². The third kappa shape index (κ3) is 6.51. The smallest absolute Gasteiger partial charge is 0.243 e. The highest BCUT2D eigenvalue weighted by molar-refractivity contribution is 7.99. The molecule has 2 aromatic rings. The maximum atomic E-state index is 12.5. The van der Waals surface area contributed by atoms with E-state index in [0.717, 1.165) is 16.9 Å².